The summed E-state index contributed by atoms with van der Waals surface area (Å²) in [7, 11) is 0. The fourth-order valence-electron chi connectivity index (χ4n) is 2.84. The van der Waals surface area contributed by atoms with E-state index in [1.165, 1.54) is 5.56 Å². The maximum atomic E-state index is 12.6. The zero-order valence-electron chi connectivity index (χ0n) is 13.6. The Morgan fingerprint density at radius 1 is 1.04 bits per heavy atom. The summed E-state index contributed by atoms with van der Waals surface area (Å²) in [6.07, 6.45) is 2.71. The second-order valence-corrected chi connectivity index (χ2v) is 6.78. The molecular weight excluding hydrogens is 370 g/mol. The van der Waals surface area contributed by atoms with E-state index in [0.29, 0.717) is 37.4 Å². The number of hydrogen-bond acceptors (Lipinski definition) is 2. The number of hydrogen-bond donors (Lipinski definition) is 1. The fourth-order valence-corrected chi connectivity index (χ4v) is 3.18. The average Bonchev–Trinajstić information content (AvgIpc) is 3.07. The van der Waals surface area contributed by atoms with Crippen LogP contribution in [-0.4, -0.2) is 52.8 Å². The number of amides is 2. The molecule has 6 heteroatoms. The van der Waals surface area contributed by atoms with Crippen molar-refractivity contribution >= 4 is 27.7 Å². The lowest BCUT2D eigenvalue weighted by molar-refractivity contribution is 0.0532. The number of aryl methyl sites for hydroxylation is 1. The molecule has 2 heterocycles. The smallest absolute Gasteiger partial charge is 0.270 e. The monoisotopic (exact) mass is 389 g/mol. The molecule has 126 valence electrons. The van der Waals surface area contributed by atoms with Crippen LogP contribution < -0.4 is 0 Å². The molecule has 1 aliphatic rings. The molecule has 1 N–H and O–H groups in total. The topological polar surface area (TPSA) is 56.4 Å². The molecule has 0 saturated carbocycles. The number of aromatic nitrogens is 1. The van der Waals surface area contributed by atoms with E-state index in [9.17, 15) is 9.59 Å². The van der Waals surface area contributed by atoms with Gasteiger partial charge in [-0.25, -0.2) is 0 Å². The van der Waals surface area contributed by atoms with E-state index in [4.69, 9.17) is 0 Å². The van der Waals surface area contributed by atoms with E-state index in [0.717, 1.165) is 10.9 Å². The molecule has 0 unspecified atom stereocenters. The van der Waals surface area contributed by atoms with E-state index in [1.54, 1.807) is 17.2 Å². The van der Waals surface area contributed by atoms with Crippen LogP contribution in [0.5, 0.6) is 0 Å². The van der Waals surface area contributed by atoms with Crippen LogP contribution in [0.4, 0.5) is 0 Å². The van der Waals surface area contributed by atoms with Gasteiger partial charge in [0, 0.05) is 42.4 Å². The molecule has 2 aromatic rings. The summed E-state index contributed by atoms with van der Waals surface area (Å²) in [4.78, 5) is 31.5. The third-order valence-electron chi connectivity index (χ3n) is 4.34. The van der Waals surface area contributed by atoms with E-state index in [2.05, 4.69) is 27.8 Å². The Balaban J connectivity index is 1.59. The molecule has 0 aliphatic carbocycles. The highest BCUT2D eigenvalue weighted by atomic mass is 79.9. The lowest BCUT2D eigenvalue weighted by atomic mass is 10.1. The van der Waals surface area contributed by atoms with Crippen molar-refractivity contribution in [3.8, 4) is 0 Å². The van der Waals surface area contributed by atoms with Crippen molar-refractivity contribution < 1.29 is 9.59 Å². The van der Waals surface area contributed by atoms with Gasteiger partial charge in [0.25, 0.3) is 11.8 Å². The molecule has 5 nitrogen and oxygen atoms in total. The SMILES string of the molecule is CCc1ccc(C(=O)N2CCN(C(=O)c3cc(Br)c[nH]3)CC2)cc1. The summed E-state index contributed by atoms with van der Waals surface area (Å²) in [6, 6.07) is 9.53. The van der Waals surface area contributed by atoms with Crippen LogP contribution in [0.25, 0.3) is 0 Å². The highest BCUT2D eigenvalue weighted by molar-refractivity contribution is 9.10. The summed E-state index contributed by atoms with van der Waals surface area (Å²) >= 11 is 3.33. The van der Waals surface area contributed by atoms with Gasteiger partial charge in [-0.2, -0.15) is 0 Å². The summed E-state index contributed by atoms with van der Waals surface area (Å²) < 4.78 is 0.857. The minimum atomic E-state index is -0.0277. The molecule has 1 aromatic carbocycles. The van der Waals surface area contributed by atoms with Gasteiger partial charge < -0.3 is 14.8 Å². The van der Waals surface area contributed by atoms with Crippen LogP contribution in [0.2, 0.25) is 0 Å². The molecule has 1 aromatic heterocycles. The second-order valence-electron chi connectivity index (χ2n) is 5.87. The lowest BCUT2D eigenvalue weighted by Gasteiger charge is -2.34. The van der Waals surface area contributed by atoms with Gasteiger partial charge in [-0.05, 0) is 46.1 Å². The first kappa shape index (κ1) is 16.8. The van der Waals surface area contributed by atoms with Crippen molar-refractivity contribution in [2.24, 2.45) is 0 Å². The largest absolute Gasteiger partial charge is 0.356 e. The molecule has 0 radical (unpaired) electrons. The molecule has 2 amide bonds. The maximum Gasteiger partial charge on any atom is 0.270 e. The van der Waals surface area contributed by atoms with Crippen molar-refractivity contribution in [3.05, 3.63) is 57.8 Å². The molecule has 0 bridgehead atoms. The number of carbonyl (C=O) groups excluding carboxylic acids is 2. The number of piperazine rings is 1. The molecule has 1 saturated heterocycles. The minimum absolute atomic E-state index is 0.0277. The Hall–Kier alpha value is -2.08. The van der Waals surface area contributed by atoms with E-state index in [-0.39, 0.29) is 11.8 Å². The Kier molecular flexibility index (Phi) is 5.04. The Morgan fingerprint density at radius 3 is 2.12 bits per heavy atom. The predicted molar refractivity (Wildman–Crippen MR) is 96.1 cm³/mol. The maximum absolute atomic E-state index is 12.6. The zero-order chi connectivity index (χ0) is 17.1. The molecule has 1 aliphatic heterocycles. The molecule has 24 heavy (non-hydrogen) atoms. The number of H-pyrrole nitrogens is 1. The van der Waals surface area contributed by atoms with Gasteiger partial charge in [0.1, 0.15) is 5.69 Å². The molecule has 0 spiro atoms. The molecule has 3 rings (SSSR count). The first-order valence-corrected chi connectivity index (χ1v) is 8.89. The fraction of sp³-hybridized carbons (Fsp3) is 0.333. The van der Waals surface area contributed by atoms with Crippen LogP contribution in [0.15, 0.2) is 41.0 Å². The van der Waals surface area contributed by atoms with Crippen molar-refractivity contribution in [1.29, 1.82) is 0 Å². The normalized spacial score (nSPS) is 14.8. The first-order chi connectivity index (χ1) is 11.6. The van der Waals surface area contributed by atoms with Gasteiger partial charge >= 0.3 is 0 Å². The van der Waals surface area contributed by atoms with Crippen LogP contribution in [0.1, 0.15) is 33.3 Å². The van der Waals surface area contributed by atoms with Crippen LogP contribution in [0.3, 0.4) is 0 Å². The second kappa shape index (κ2) is 7.21. The lowest BCUT2D eigenvalue weighted by Crippen LogP contribution is -2.50. The molecule has 0 atom stereocenters. The van der Waals surface area contributed by atoms with Gasteiger partial charge in [-0.1, -0.05) is 19.1 Å². The zero-order valence-corrected chi connectivity index (χ0v) is 15.2. The van der Waals surface area contributed by atoms with E-state index in [1.807, 2.05) is 29.2 Å². The van der Waals surface area contributed by atoms with Crippen LogP contribution in [0, 0.1) is 0 Å². The number of benzene rings is 1. The highest BCUT2D eigenvalue weighted by Gasteiger charge is 2.26. The standard InChI is InChI=1S/C18H20BrN3O2/c1-2-13-3-5-14(6-4-13)17(23)21-7-9-22(10-8-21)18(24)16-11-15(19)12-20-16/h3-6,11-12,20H,2,7-10H2,1H3. The van der Waals surface area contributed by atoms with Gasteiger partial charge in [0.15, 0.2) is 0 Å². The van der Waals surface area contributed by atoms with E-state index < -0.39 is 0 Å². The number of aromatic amines is 1. The number of halogens is 1. The van der Waals surface area contributed by atoms with Crippen LogP contribution >= 0.6 is 15.9 Å². The Bertz CT molecular complexity index is 731. The third-order valence-corrected chi connectivity index (χ3v) is 4.80. The van der Waals surface area contributed by atoms with Crippen molar-refractivity contribution in [2.75, 3.05) is 26.2 Å². The summed E-state index contributed by atoms with van der Waals surface area (Å²) in [5, 5.41) is 0. The van der Waals surface area contributed by atoms with Crippen molar-refractivity contribution in [3.63, 3.8) is 0 Å². The Labute approximate surface area is 149 Å². The third kappa shape index (κ3) is 3.53. The molecular formula is C18H20BrN3O2. The summed E-state index contributed by atoms with van der Waals surface area (Å²) in [5.74, 6) is 0.00691. The van der Waals surface area contributed by atoms with E-state index >= 15 is 0 Å². The minimum Gasteiger partial charge on any atom is -0.356 e. The Morgan fingerprint density at radius 2 is 1.62 bits per heavy atom. The van der Waals surface area contributed by atoms with Crippen molar-refractivity contribution in [1.82, 2.24) is 14.8 Å². The van der Waals surface area contributed by atoms with Gasteiger partial charge in [0.2, 0.25) is 0 Å². The number of carbonyl (C=O) groups is 2. The van der Waals surface area contributed by atoms with Crippen molar-refractivity contribution in [2.45, 2.75) is 13.3 Å². The van der Waals surface area contributed by atoms with Gasteiger partial charge in [-0.15, -0.1) is 0 Å². The number of nitrogens with zero attached hydrogens (tertiary/aromatic N) is 2. The summed E-state index contributed by atoms with van der Waals surface area (Å²) in [5.41, 5.74) is 2.50. The average molecular weight is 390 g/mol. The number of rotatable bonds is 3. The van der Waals surface area contributed by atoms with Gasteiger partial charge in [-0.3, -0.25) is 9.59 Å². The van der Waals surface area contributed by atoms with Gasteiger partial charge in [0.05, 0.1) is 0 Å². The molecule has 1 fully saturated rings. The highest BCUT2D eigenvalue weighted by Crippen LogP contribution is 2.15. The predicted octanol–water partition coefficient (Wildman–Crippen LogP) is 2.94. The number of nitrogens with one attached hydrogen (secondary N) is 1. The quantitative estimate of drug-likeness (QED) is 0.876. The van der Waals surface area contributed by atoms with Crippen LogP contribution in [-0.2, 0) is 6.42 Å². The summed E-state index contributed by atoms with van der Waals surface area (Å²) in [6.45, 7) is 4.31. The first-order valence-electron chi connectivity index (χ1n) is 8.10.